The molecule has 29 heavy (non-hydrogen) atoms. The van der Waals surface area contributed by atoms with Gasteiger partial charge in [-0.2, -0.15) is 0 Å². The summed E-state index contributed by atoms with van der Waals surface area (Å²) >= 11 is 0. The maximum Gasteiger partial charge on any atom is 0.191 e. The average molecular weight is 425 g/mol. The van der Waals surface area contributed by atoms with Gasteiger partial charge < -0.3 is 15.4 Å². The van der Waals surface area contributed by atoms with Crippen molar-refractivity contribution in [3.63, 3.8) is 0 Å². The third-order valence-corrected chi connectivity index (χ3v) is 6.22. The Balaban J connectivity index is 1.81. The number of sulfone groups is 1. The molecule has 2 N–H and O–H groups in total. The van der Waals surface area contributed by atoms with Crippen LogP contribution in [0.1, 0.15) is 40.0 Å². The normalized spacial score (nSPS) is 16.5. The van der Waals surface area contributed by atoms with E-state index in [1.54, 1.807) is 24.3 Å². The smallest absolute Gasteiger partial charge is 0.191 e. The van der Waals surface area contributed by atoms with Crippen LogP contribution >= 0.6 is 0 Å². The van der Waals surface area contributed by atoms with E-state index in [1.807, 2.05) is 6.92 Å². The van der Waals surface area contributed by atoms with Gasteiger partial charge in [0.1, 0.15) is 12.4 Å². The van der Waals surface area contributed by atoms with Gasteiger partial charge in [0.05, 0.1) is 18.0 Å². The zero-order valence-electron chi connectivity index (χ0n) is 18.2. The van der Waals surface area contributed by atoms with Crippen LogP contribution < -0.4 is 15.4 Å². The molecule has 1 saturated heterocycles. The Labute approximate surface area is 175 Å². The minimum atomic E-state index is -3.18. The van der Waals surface area contributed by atoms with Gasteiger partial charge in [0.15, 0.2) is 15.8 Å². The zero-order chi connectivity index (χ0) is 21.3. The number of rotatable bonds is 9. The number of hydrogen-bond acceptors (Lipinski definition) is 5. The molecule has 1 heterocycles. The summed E-state index contributed by atoms with van der Waals surface area (Å²) in [7, 11) is -3.18. The van der Waals surface area contributed by atoms with E-state index in [-0.39, 0.29) is 5.54 Å². The van der Waals surface area contributed by atoms with Crippen LogP contribution in [-0.2, 0) is 9.84 Å². The van der Waals surface area contributed by atoms with Crippen LogP contribution in [0, 0.1) is 0 Å². The summed E-state index contributed by atoms with van der Waals surface area (Å²) in [6.07, 6.45) is 5.07. The summed E-state index contributed by atoms with van der Waals surface area (Å²) in [6, 6.07) is 6.48. The summed E-state index contributed by atoms with van der Waals surface area (Å²) < 4.78 is 28.7. The number of nitrogens with zero attached hydrogens (tertiary/aromatic N) is 2. The van der Waals surface area contributed by atoms with Crippen molar-refractivity contribution >= 4 is 15.8 Å². The second kappa shape index (κ2) is 10.8. The summed E-state index contributed by atoms with van der Waals surface area (Å²) in [4.78, 5) is 7.60. The maximum atomic E-state index is 11.5. The van der Waals surface area contributed by atoms with Gasteiger partial charge in [-0.25, -0.2) is 8.42 Å². The van der Waals surface area contributed by atoms with Gasteiger partial charge >= 0.3 is 0 Å². The van der Waals surface area contributed by atoms with Crippen molar-refractivity contribution in [1.29, 1.82) is 0 Å². The van der Waals surface area contributed by atoms with Crippen molar-refractivity contribution in [2.45, 2.75) is 50.5 Å². The molecule has 1 aliphatic rings. The van der Waals surface area contributed by atoms with Gasteiger partial charge in [0.2, 0.25) is 0 Å². The molecule has 0 aliphatic carbocycles. The summed E-state index contributed by atoms with van der Waals surface area (Å²) in [6.45, 7) is 11.5. The third-order valence-electron chi connectivity index (χ3n) is 5.10. The molecule has 0 radical (unpaired) electrons. The zero-order valence-corrected chi connectivity index (χ0v) is 19.0. The fraction of sp³-hybridized carbons (Fsp3) is 0.667. The highest BCUT2D eigenvalue weighted by atomic mass is 32.2. The van der Waals surface area contributed by atoms with Crippen molar-refractivity contribution in [2.24, 2.45) is 4.99 Å². The fourth-order valence-corrected chi connectivity index (χ4v) is 3.97. The molecule has 0 spiro atoms. The van der Waals surface area contributed by atoms with Gasteiger partial charge in [-0.3, -0.25) is 9.89 Å². The molecule has 164 valence electrons. The molecular formula is C21H36N4O3S. The lowest BCUT2D eigenvalue weighted by molar-refractivity contribution is 0.102. The number of hydrogen-bond donors (Lipinski definition) is 2. The van der Waals surface area contributed by atoms with E-state index in [0.29, 0.717) is 23.8 Å². The number of ether oxygens (including phenoxy) is 1. The second-order valence-corrected chi connectivity index (χ2v) is 10.1. The number of nitrogens with one attached hydrogen (secondary N) is 2. The second-order valence-electron chi connectivity index (χ2n) is 8.07. The minimum Gasteiger partial charge on any atom is -0.492 e. The third kappa shape index (κ3) is 7.85. The molecule has 7 nitrogen and oxygen atoms in total. The Hall–Kier alpha value is -1.80. The number of likely N-dealkylation sites (tertiary alicyclic amines) is 1. The minimum absolute atomic E-state index is 0.0423. The molecule has 0 amide bonds. The van der Waals surface area contributed by atoms with Crippen molar-refractivity contribution in [3.05, 3.63) is 24.3 Å². The van der Waals surface area contributed by atoms with Gasteiger partial charge in [-0.15, -0.1) is 0 Å². The van der Waals surface area contributed by atoms with Gasteiger partial charge in [0, 0.05) is 18.3 Å². The van der Waals surface area contributed by atoms with Crippen LogP contribution in [-0.4, -0.2) is 70.4 Å². The number of piperidine rings is 1. The van der Waals surface area contributed by atoms with Gasteiger partial charge in [0.25, 0.3) is 0 Å². The SMILES string of the molecule is CCNC(=NCC(C)(C)N1CCCCC1)NCCOc1ccc(S(C)(=O)=O)cc1. The van der Waals surface area contributed by atoms with Gasteiger partial charge in [-0.1, -0.05) is 6.42 Å². The Bertz CT molecular complexity index is 755. The topological polar surface area (TPSA) is 83.0 Å². The lowest BCUT2D eigenvalue weighted by atomic mass is 9.99. The quantitative estimate of drug-likeness (QED) is 0.360. The Morgan fingerprint density at radius 2 is 1.79 bits per heavy atom. The number of guanidine groups is 1. The molecule has 1 aromatic carbocycles. The molecule has 0 aromatic heterocycles. The first-order valence-electron chi connectivity index (χ1n) is 10.4. The van der Waals surface area contributed by atoms with Crippen LogP contribution in [0.15, 0.2) is 34.2 Å². The molecule has 1 fully saturated rings. The monoisotopic (exact) mass is 424 g/mol. The molecule has 2 rings (SSSR count). The Morgan fingerprint density at radius 3 is 2.38 bits per heavy atom. The predicted molar refractivity (Wildman–Crippen MR) is 119 cm³/mol. The summed E-state index contributed by atoms with van der Waals surface area (Å²) in [5, 5.41) is 6.58. The molecule has 0 unspecified atom stereocenters. The van der Waals surface area contributed by atoms with E-state index >= 15 is 0 Å². The lowest BCUT2D eigenvalue weighted by Gasteiger charge is -2.40. The van der Waals surface area contributed by atoms with E-state index in [0.717, 1.165) is 32.1 Å². The predicted octanol–water partition coefficient (Wildman–Crippen LogP) is 2.29. The van der Waals surface area contributed by atoms with E-state index in [2.05, 4.69) is 29.4 Å². The van der Waals surface area contributed by atoms with Crippen LogP contribution in [0.2, 0.25) is 0 Å². The van der Waals surface area contributed by atoms with E-state index < -0.39 is 9.84 Å². The van der Waals surface area contributed by atoms with Crippen molar-refractivity contribution in [2.75, 3.05) is 45.6 Å². The Kier molecular flexibility index (Phi) is 8.77. The molecule has 8 heteroatoms. The first-order valence-corrected chi connectivity index (χ1v) is 12.3. The highest BCUT2D eigenvalue weighted by Crippen LogP contribution is 2.20. The van der Waals surface area contributed by atoms with E-state index in [4.69, 9.17) is 9.73 Å². The average Bonchev–Trinajstić information content (AvgIpc) is 2.69. The van der Waals surface area contributed by atoms with Crippen LogP contribution in [0.5, 0.6) is 5.75 Å². The molecule has 1 aromatic rings. The highest BCUT2D eigenvalue weighted by molar-refractivity contribution is 7.90. The standard InChI is InChI=1S/C21H36N4O3S/c1-5-22-20(24-17-21(2,3)25-14-7-6-8-15-25)23-13-16-28-18-9-11-19(12-10-18)29(4,26)27/h9-12H,5-8,13-17H2,1-4H3,(H2,22,23,24). The van der Waals surface area contributed by atoms with Crippen molar-refractivity contribution in [1.82, 2.24) is 15.5 Å². The highest BCUT2D eigenvalue weighted by Gasteiger charge is 2.27. The largest absolute Gasteiger partial charge is 0.492 e. The van der Waals surface area contributed by atoms with Crippen molar-refractivity contribution in [3.8, 4) is 5.75 Å². The van der Waals surface area contributed by atoms with E-state index in [9.17, 15) is 8.42 Å². The fourth-order valence-electron chi connectivity index (χ4n) is 3.33. The number of benzene rings is 1. The summed E-state index contributed by atoms with van der Waals surface area (Å²) in [5.74, 6) is 1.43. The van der Waals surface area contributed by atoms with Crippen LogP contribution in [0.4, 0.5) is 0 Å². The van der Waals surface area contributed by atoms with Crippen LogP contribution in [0.3, 0.4) is 0 Å². The first-order chi connectivity index (χ1) is 13.7. The van der Waals surface area contributed by atoms with Gasteiger partial charge in [-0.05, 0) is 71.0 Å². The van der Waals surface area contributed by atoms with Crippen LogP contribution in [0.25, 0.3) is 0 Å². The first kappa shape index (κ1) is 23.5. The molecular weight excluding hydrogens is 388 g/mol. The molecule has 0 saturated carbocycles. The Morgan fingerprint density at radius 1 is 1.14 bits per heavy atom. The number of aliphatic imine (C=N–C) groups is 1. The van der Waals surface area contributed by atoms with E-state index in [1.165, 1.54) is 25.5 Å². The lowest BCUT2D eigenvalue weighted by Crippen LogP contribution is -2.49. The maximum absolute atomic E-state index is 11.5. The molecule has 0 bridgehead atoms. The summed E-state index contributed by atoms with van der Waals surface area (Å²) in [5.41, 5.74) is 0.0423. The van der Waals surface area contributed by atoms with Crippen molar-refractivity contribution < 1.29 is 13.2 Å². The molecule has 0 atom stereocenters. The molecule has 1 aliphatic heterocycles.